The zero-order chi connectivity index (χ0) is 15.7. The van der Waals surface area contributed by atoms with E-state index in [4.69, 9.17) is 33.7 Å². The zero-order valence-electron chi connectivity index (χ0n) is 12.1. The minimum atomic E-state index is -0.102. The smallest absolute Gasteiger partial charge is 0.227 e. The Bertz CT molecular complexity index is 638. The number of anilines is 2. The third kappa shape index (κ3) is 3.11. The van der Waals surface area contributed by atoms with Crippen molar-refractivity contribution in [3.05, 3.63) is 45.6 Å². The van der Waals surface area contributed by atoms with Gasteiger partial charge in [0.1, 0.15) is 11.9 Å². The van der Waals surface area contributed by atoms with E-state index in [0.717, 1.165) is 17.7 Å². The maximum absolute atomic E-state index is 6.08. The highest BCUT2D eigenvalue weighted by Gasteiger charge is 2.24. The first kappa shape index (κ1) is 15.3. The molecule has 1 aromatic carbocycles. The number of nitrogen functional groups attached to an aromatic ring is 1. The van der Waals surface area contributed by atoms with Gasteiger partial charge < -0.3 is 15.4 Å². The number of morpholine rings is 1. The maximum atomic E-state index is 6.08. The van der Waals surface area contributed by atoms with Gasteiger partial charge in [-0.1, -0.05) is 29.3 Å². The van der Waals surface area contributed by atoms with Crippen molar-refractivity contribution in [2.24, 2.45) is 0 Å². The van der Waals surface area contributed by atoms with Gasteiger partial charge in [0.2, 0.25) is 5.95 Å². The molecule has 0 unspecified atom stereocenters. The molecule has 1 aliphatic heterocycles. The molecular formula is C15H16Cl2N4O. The van der Waals surface area contributed by atoms with Crippen LogP contribution in [0, 0.1) is 6.92 Å². The van der Waals surface area contributed by atoms with Gasteiger partial charge >= 0.3 is 0 Å². The number of hydrogen-bond acceptors (Lipinski definition) is 5. The summed E-state index contributed by atoms with van der Waals surface area (Å²) in [6, 6.07) is 5.54. The minimum absolute atomic E-state index is 0.102. The molecule has 2 N–H and O–H groups in total. The Hall–Kier alpha value is -1.56. The fourth-order valence-corrected chi connectivity index (χ4v) is 2.65. The summed E-state index contributed by atoms with van der Waals surface area (Å²) in [5.74, 6) is 1.12. The predicted octanol–water partition coefficient (Wildman–Crippen LogP) is 3.25. The highest BCUT2D eigenvalue weighted by Crippen LogP contribution is 2.30. The van der Waals surface area contributed by atoms with Crippen molar-refractivity contribution in [1.82, 2.24) is 9.97 Å². The van der Waals surface area contributed by atoms with E-state index >= 15 is 0 Å². The molecule has 2 aromatic rings. The SMILES string of the molecule is Cc1cnc(N2CCO[C@@H](c3ccc(Cl)c(Cl)c3)C2)nc1N. The summed E-state index contributed by atoms with van der Waals surface area (Å²) in [4.78, 5) is 10.8. The van der Waals surface area contributed by atoms with E-state index in [-0.39, 0.29) is 6.10 Å². The Labute approximate surface area is 139 Å². The molecule has 1 atom stereocenters. The van der Waals surface area contributed by atoms with E-state index in [1.54, 1.807) is 12.3 Å². The number of benzene rings is 1. The second kappa shape index (κ2) is 6.28. The quantitative estimate of drug-likeness (QED) is 0.910. The van der Waals surface area contributed by atoms with Gasteiger partial charge in [-0.05, 0) is 24.6 Å². The van der Waals surface area contributed by atoms with Gasteiger partial charge in [-0.15, -0.1) is 0 Å². The summed E-state index contributed by atoms with van der Waals surface area (Å²) >= 11 is 12.0. The lowest BCUT2D eigenvalue weighted by molar-refractivity contribution is 0.0392. The normalized spacial score (nSPS) is 18.5. The van der Waals surface area contributed by atoms with Crippen LogP contribution in [0.2, 0.25) is 10.0 Å². The molecule has 0 spiro atoms. The number of nitrogens with two attached hydrogens (primary N) is 1. The molecule has 0 aliphatic carbocycles. The second-order valence-electron chi connectivity index (χ2n) is 5.22. The Kier molecular flexibility index (Phi) is 4.38. The lowest BCUT2D eigenvalue weighted by Crippen LogP contribution is -2.39. The standard InChI is InChI=1S/C15H16Cl2N4O/c1-9-7-19-15(20-14(9)18)21-4-5-22-13(8-21)10-2-3-11(16)12(17)6-10/h2-3,6-7,13H,4-5,8H2,1H3,(H2,18,19,20)/t13-/m1/s1. The molecule has 1 saturated heterocycles. The van der Waals surface area contributed by atoms with Crippen LogP contribution in [0.3, 0.4) is 0 Å². The molecule has 22 heavy (non-hydrogen) atoms. The lowest BCUT2D eigenvalue weighted by Gasteiger charge is -2.33. The van der Waals surface area contributed by atoms with E-state index in [0.29, 0.717) is 35.0 Å². The number of hydrogen-bond donors (Lipinski definition) is 1. The van der Waals surface area contributed by atoms with E-state index < -0.39 is 0 Å². The molecule has 116 valence electrons. The van der Waals surface area contributed by atoms with Crippen molar-refractivity contribution in [3.63, 3.8) is 0 Å². The van der Waals surface area contributed by atoms with Gasteiger partial charge in [-0.2, -0.15) is 4.98 Å². The zero-order valence-corrected chi connectivity index (χ0v) is 13.6. The fourth-order valence-electron chi connectivity index (χ4n) is 2.34. The van der Waals surface area contributed by atoms with E-state index in [9.17, 15) is 0 Å². The molecule has 0 amide bonds. The lowest BCUT2D eigenvalue weighted by atomic mass is 10.1. The average Bonchev–Trinajstić information content (AvgIpc) is 2.53. The van der Waals surface area contributed by atoms with Crippen LogP contribution in [0.5, 0.6) is 0 Å². The molecule has 1 aliphatic rings. The third-order valence-electron chi connectivity index (χ3n) is 3.66. The first-order valence-corrected chi connectivity index (χ1v) is 7.71. The van der Waals surface area contributed by atoms with Crippen molar-refractivity contribution >= 4 is 35.0 Å². The maximum Gasteiger partial charge on any atom is 0.227 e. The van der Waals surface area contributed by atoms with Gasteiger partial charge in [-0.25, -0.2) is 4.98 Å². The number of aromatic nitrogens is 2. The van der Waals surface area contributed by atoms with Crippen molar-refractivity contribution in [2.75, 3.05) is 30.3 Å². The van der Waals surface area contributed by atoms with Crippen LogP contribution in [-0.4, -0.2) is 29.7 Å². The van der Waals surface area contributed by atoms with Crippen molar-refractivity contribution < 1.29 is 4.74 Å². The monoisotopic (exact) mass is 338 g/mol. The summed E-state index contributed by atoms with van der Waals surface area (Å²) in [5, 5.41) is 1.06. The first-order valence-electron chi connectivity index (χ1n) is 6.95. The van der Waals surface area contributed by atoms with Crippen molar-refractivity contribution in [2.45, 2.75) is 13.0 Å². The minimum Gasteiger partial charge on any atom is -0.383 e. The number of rotatable bonds is 2. The van der Waals surface area contributed by atoms with Gasteiger partial charge in [0.15, 0.2) is 0 Å². The van der Waals surface area contributed by atoms with Crippen LogP contribution in [-0.2, 0) is 4.74 Å². The number of ether oxygens (including phenoxy) is 1. The van der Waals surface area contributed by atoms with Crippen LogP contribution in [0.1, 0.15) is 17.2 Å². The molecular weight excluding hydrogens is 323 g/mol. The number of aryl methyl sites for hydroxylation is 1. The number of nitrogens with zero attached hydrogens (tertiary/aromatic N) is 3. The third-order valence-corrected chi connectivity index (χ3v) is 4.40. The summed E-state index contributed by atoms with van der Waals surface area (Å²) < 4.78 is 5.83. The Morgan fingerprint density at radius 2 is 2.14 bits per heavy atom. The Morgan fingerprint density at radius 3 is 2.86 bits per heavy atom. The summed E-state index contributed by atoms with van der Waals surface area (Å²) in [5.41, 5.74) is 7.73. The molecule has 1 aromatic heterocycles. The molecule has 2 heterocycles. The highest BCUT2D eigenvalue weighted by atomic mass is 35.5. The average molecular weight is 339 g/mol. The molecule has 0 radical (unpaired) electrons. The van der Waals surface area contributed by atoms with E-state index in [2.05, 4.69) is 14.9 Å². The largest absolute Gasteiger partial charge is 0.383 e. The van der Waals surface area contributed by atoms with Crippen LogP contribution in [0.4, 0.5) is 11.8 Å². The Morgan fingerprint density at radius 1 is 1.32 bits per heavy atom. The van der Waals surface area contributed by atoms with Gasteiger partial charge in [0.25, 0.3) is 0 Å². The highest BCUT2D eigenvalue weighted by molar-refractivity contribution is 6.42. The van der Waals surface area contributed by atoms with Crippen LogP contribution >= 0.6 is 23.2 Å². The molecule has 7 heteroatoms. The molecule has 0 saturated carbocycles. The van der Waals surface area contributed by atoms with Crippen molar-refractivity contribution in [1.29, 1.82) is 0 Å². The summed E-state index contributed by atoms with van der Waals surface area (Å²) in [7, 11) is 0. The molecule has 0 bridgehead atoms. The fraction of sp³-hybridized carbons (Fsp3) is 0.333. The Balaban J connectivity index is 1.81. The summed E-state index contributed by atoms with van der Waals surface area (Å²) in [6.07, 6.45) is 1.64. The van der Waals surface area contributed by atoms with Crippen LogP contribution in [0.15, 0.2) is 24.4 Å². The van der Waals surface area contributed by atoms with Crippen LogP contribution < -0.4 is 10.6 Å². The molecule has 5 nitrogen and oxygen atoms in total. The molecule has 3 rings (SSSR count). The predicted molar refractivity (Wildman–Crippen MR) is 88.5 cm³/mol. The van der Waals surface area contributed by atoms with Crippen LogP contribution in [0.25, 0.3) is 0 Å². The molecule has 1 fully saturated rings. The second-order valence-corrected chi connectivity index (χ2v) is 6.03. The van der Waals surface area contributed by atoms with Gasteiger partial charge in [-0.3, -0.25) is 0 Å². The first-order chi connectivity index (χ1) is 10.5. The van der Waals surface area contributed by atoms with Gasteiger partial charge in [0.05, 0.1) is 23.2 Å². The van der Waals surface area contributed by atoms with Gasteiger partial charge in [0, 0.05) is 18.3 Å². The summed E-state index contributed by atoms with van der Waals surface area (Å²) in [6.45, 7) is 3.83. The number of halogens is 2. The van der Waals surface area contributed by atoms with E-state index in [1.807, 2.05) is 19.1 Å². The van der Waals surface area contributed by atoms with Crippen molar-refractivity contribution in [3.8, 4) is 0 Å². The van der Waals surface area contributed by atoms with E-state index in [1.165, 1.54) is 0 Å². The topological polar surface area (TPSA) is 64.3 Å².